The number of benzene rings is 2. The van der Waals surface area contributed by atoms with Crippen LogP contribution in [0.25, 0.3) is 0 Å². The maximum atomic E-state index is 12.1. The van der Waals surface area contributed by atoms with E-state index in [2.05, 4.69) is 34.5 Å². The van der Waals surface area contributed by atoms with Crippen molar-refractivity contribution in [2.24, 2.45) is 0 Å². The van der Waals surface area contributed by atoms with Crippen LogP contribution in [0.4, 0.5) is 11.4 Å². The van der Waals surface area contributed by atoms with E-state index in [0.29, 0.717) is 11.3 Å². The third-order valence-corrected chi connectivity index (χ3v) is 3.96. The SMILES string of the molecule is CNC(=O)c1ccc(N)cc1N1CCc2ccccc2C1. The first-order chi connectivity index (χ1) is 10.2. The van der Waals surface area contributed by atoms with Crippen LogP contribution in [0.1, 0.15) is 21.5 Å². The van der Waals surface area contributed by atoms with E-state index in [4.69, 9.17) is 5.73 Å². The van der Waals surface area contributed by atoms with Crippen LogP contribution >= 0.6 is 0 Å². The Morgan fingerprint density at radius 3 is 2.71 bits per heavy atom. The van der Waals surface area contributed by atoms with E-state index in [0.717, 1.165) is 25.2 Å². The molecule has 0 saturated carbocycles. The molecular formula is C17H19N3O. The minimum absolute atomic E-state index is 0.0798. The van der Waals surface area contributed by atoms with E-state index < -0.39 is 0 Å². The van der Waals surface area contributed by atoms with Gasteiger partial charge in [-0.05, 0) is 35.7 Å². The molecule has 0 bridgehead atoms. The lowest BCUT2D eigenvalue weighted by Gasteiger charge is -2.32. The average molecular weight is 281 g/mol. The van der Waals surface area contributed by atoms with Crippen LogP contribution in [0.2, 0.25) is 0 Å². The summed E-state index contributed by atoms with van der Waals surface area (Å²) < 4.78 is 0. The molecule has 4 heteroatoms. The predicted molar refractivity (Wildman–Crippen MR) is 85.4 cm³/mol. The van der Waals surface area contributed by atoms with Crippen molar-refractivity contribution >= 4 is 17.3 Å². The second-order valence-corrected chi connectivity index (χ2v) is 5.30. The summed E-state index contributed by atoms with van der Waals surface area (Å²) in [7, 11) is 1.65. The Morgan fingerprint density at radius 1 is 1.19 bits per heavy atom. The van der Waals surface area contributed by atoms with Crippen LogP contribution in [0.3, 0.4) is 0 Å². The average Bonchev–Trinajstić information content (AvgIpc) is 2.53. The summed E-state index contributed by atoms with van der Waals surface area (Å²) in [6.45, 7) is 1.70. The Kier molecular flexibility index (Phi) is 3.52. The van der Waals surface area contributed by atoms with E-state index in [1.165, 1.54) is 11.1 Å². The first kappa shape index (κ1) is 13.5. The van der Waals surface area contributed by atoms with Gasteiger partial charge in [0.2, 0.25) is 0 Å². The first-order valence-corrected chi connectivity index (χ1v) is 7.12. The van der Waals surface area contributed by atoms with Crippen molar-refractivity contribution < 1.29 is 4.79 Å². The highest BCUT2D eigenvalue weighted by Crippen LogP contribution is 2.29. The molecule has 0 atom stereocenters. The third kappa shape index (κ3) is 2.57. The monoisotopic (exact) mass is 281 g/mol. The van der Waals surface area contributed by atoms with Gasteiger partial charge in [0.25, 0.3) is 5.91 Å². The van der Waals surface area contributed by atoms with E-state index >= 15 is 0 Å². The number of fused-ring (bicyclic) bond motifs is 1. The van der Waals surface area contributed by atoms with Gasteiger partial charge in [-0.3, -0.25) is 4.79 Å². The molecule has 108 valence electrons. The number of nitrogen functional groups attached to an aromatic ring is 1. The van der Waals surface area contributed by atoms with Crippen LogP contribution in [0.5, 0.6) is 0 Å². The summed E-state index contributed by atoms with van der Waals surface area (Å²) >= 11 is 0. The predicted octanol–water partition coefficient (Wildman–Crippen LogP) is 2.19. The van der Waals surface area contributed by atoms with Gasteiger partial charge in [-0.25, -0.2) is 0 Å². The number of anilines is 2. The molecule has 0 unspecified atom stereocenters. The fraction of sp³-hybridized carbons (Fsp3) is 0.235. The number of carbonyl (C=O) groups excluding carboxylic acids is 1. The van der Waals surface area contributed by atoms with Gasteiger partial charge < -0.3 is 16.0 Å². The fourth-order valence-electron chi connectivity index (χ4n) is 2.84. The van der Waals surface area contributed by atoms with Crippen molar-refractivity contribution in [3.8, 4) is 0 Å². The number of hydrogen-bond donors (Lipinski definition) is 2. The topological polar surface area (TPSA) is 58.4 Å². The molecule has 21 heavy (non-hydrogen) atoms. The number of rotatable bonds is 2. The van der Waals surface area contributed by atoms with Crippen LogP contribution in [0, 0.1) is 0 Å². The molecule has 4 nitrogen and oxygen atoms in total. The van der Waals surface area contributed by atoms with Crippen molar-refractivity contribution in [3.05, 3.63) is 59.2 Å². The normalized spacial score (nSPS) is 13.7. The highest BCUT2D eigenvalue weighted by molar-refractivity contribution is 6.00. The summed E-state index contributed by atoms with van der Waals surface area (Å²) in [6.07, 6.45) is 0.984. The van der Waals surface area contributed by atoms with Gasteiger partial charge >= 0.3 is 0 Å². The van der Waals surface area contributed by atoms with Crippen molar-refractivity contribution in [1.82, 2.24) is 5.32 Å². The molecule has 1 aliphatic rings. The maximum Gasteiger partial charge on any atom is 0.253 e. The lowest BCUT2D eigenvalue weighted by molar-refractivity contribution is 0.0963. The summed E-state index contributed by atoms with van der Waals surface area (Å²) in [5, 5.41) is 2.69. The molecule has 0 saturated heterocycles. The van der Waals surface area contributed by atoms with E-state index in [-0.39, 0.29) is 5.91 Å². The number of nitrogens with zero attached hydrogens (tertiary/aromatic N) is 1. The summed E-state index contributed by atoms with van der Waals surface area (Å²) in [5.74, 6) is -0.0798. The number of carbonyl (C=O) groups is 1. The van der Waals surface area contributed by atoms with Gasteiger partial charge in [0.05, 0.1) is 11.3 Å². The Balaban J connectivity index is 1.98. The van der Waals surface area contributed by atoms with Gasteiger partial charge in [0.15, 0.2) is 0 Å². The molecule has 2 aromatic rings. The van der Waals surface area contributed by atoms with Crippen molar-refractivity contribution in [1.29, 1.82) is 0 Å². The highest BCUT2D eigenvalue weighted by atomic mass is 16.1. The number of amides is 1. The molecule has 2 aromatic carbocycles. The van der Waals surface area contributed by atoms with Gasteiger partial charge in [0, 0.05) is 25.8 Å². The Morgan fingerprint density at radius 2 is 1.95 bits per heavy atom. The van der Waals surface area contributed by atoms with E-state index in [9.17, 15) is 4.79 Å². The molecule has 0 fully saturated rings. The minimum atomic E-state index is -0.0798. The molecule has 3 N–H and O–H groups in total. The summed E-state index contributed by atoms with van der Waals surface area (Å²) in [4.78, 5) is 14.3. The lowest BCUT2D eigenvalue weighted by atomic mass is 9.98. The zero-order valence-corrected chi connectivity index (χ0v) is 12.1. The Hall–Kier alpha value is -2.49. The molecule has 0 aromatic heterocycles. The summed E-state index contributed by atoms with van der Waals surface area (Å²) in [6, 6.07) is 13.9. The van der Waals surface area contributed by atoms with Crippen molar-refractivity contribution in [3.63, 3.8) is 0 Å². The van der Waals surface area contributed by atoms with Gasteiger partial charge in [-0.15, -0.1) is 0 Å². The van der Waals surface area contributed by atoms with Crippen LogP contribution in [0.15, 0.2) is 42.5 Å². The number of nitrogens with one attached hydrogen (secondary N) is 1. The maximum absolute atomic E-state index is 12.1. The number of nitrogens with two attached hydrogens (primary N) is 1. The Bertz CT molecular complexity index is 681. The first-order valence-electron chi connectivity index (χ1n) is 7.12. The smallest absolute Gasteiger partial charge is 0.253 e. The molecule has 0 radical (unpaired) electrons. The van der Waals surface area contributed by atoms with Gasteiger partial charge in [-0.1, -0.05) is 24.3 Å². The number of hydrogen-bond acceptors (Lipinski definition) is 3. The van der Waals surface area contributed by atoms with Crippen molar-refractivity contribution in [2.75, 3.05) is 24.2 Å². The zero-order chi connectivity index (χ0) is 14.8. The van der Waals surface area contributed by atoms with Crippen LogP contribution in [-0.2, 0) is 13.0 Å². The molecule has 1 amide bonds. The van der Waals surface area contributed by atoms with Crippen LogP contribution < -0.4 is 16.0 Å². The Labute approximate surface area is 124 Å². The van der Waals surface area contributed by atoms with E-state index in [1.807, 2.05) is 6.07 Å². The third-order valence-electron chi connectivity index (χ3n) is 3.96. The lowest BCUT2D eigenvalue weighted by Crippen LogP contribution is -2.32. The largest absolute Gasteiger partial charge is 0.399 e. The quantitative estimate of drug-likeness (QED) is 0.830. The molecule has 3 rings (SSSR count). The van der Waals surface area contributed by atoms with Gasteiger partial charge in [-0.2, -0.15) is 0 Å². The van der Waals surface area contributed by atoms with Crippen molar-refractivity contribution in [2.45, 2.75) is 13.0 Å². The highest BCUT2D eigenvalue weighted by Gasteiger charge is 2.20. The van der Waals surface area contributed by atoms with E-state index in [1.54, 1.807) is 19.2 Å². The fourth-order valence-corrected chi connectivity index (χ4v) is 2.84. The second-order valence-electron chi connectivity index (χ2n) is 5.30. The summed E-state index contributed by atoms with van der Waals surface area (Å²) in [5.41, 5.74) is 10.9. The van der Waals surface area contributed by atoms with Crippen LogP contribution in [-0.4, -0.2) is 19.5 Å². The second kappa shape index (κ2) is 5.48. The molecular weight excluding hydrogens is 262 g/mol. The minimum Gasteiger partial charge on any atom is -0.399 e. The van der Waals surface area contributed by atoms with Gasteiger partial charge in [0.1, 0.15) is 0 Å². The molecule has 0 spiro atoms. The molecule has 0 aliphatic carbocycles. The molecule has 1 aliphatic heterocycles. The standard InChI is InChI=1S/C17H19N3O/c1-19-17(21)15-7-6-14(18)10-16(15)20-9-8-12-4-2-3-5-13(12)11-20/h2-7,10H,8-9,11,18H2,1H3,(H,19,21). The molecule has 1 heterocycles. The zero-order valence-electron chi connectivity index (χ0n) is 12.1.